The summed E-state index contributed by atoms with van der Waals surface area (Å²) < 4.78 is 0. The highest BCUT2D eigenvalue weighted by Crippen LogP contribution is 2.95. The van der Waals surface area contributed by atoms with E-state index in [-0.39, 0.29) is 14.3 Å². The first-order valence-electron chi connectivity index (χ1n) is 3.69. The standard InChI is InChI=1S/C4H18P8/c1-2-3-4(5)11(9-6)12(8)10-7/h4,9-10H,2-3,5-8H2,1H3. The van der Waals surface area contributed by atoms with Gasteiger partial charge in [0.25, 0.3) is 0 Å². The van der Waals surface area contributed by atoms with E-state index in [0.29, 0.717) is 0 Å². The molecule has 0 saturated heterocycles. The van der Waals surface area contributed by atoms with E-state index in [1.54, 1.807) is 0 Å². The van der Waals surface area contributed by atoms with Gasteiger partial charge in [-0.3, -0.25) is 0 Å². The second kappa shape index (κ2) is 9.65. The van der Waals surface area contributed by atoms with Gasteiger partial charge in [0.05, 0.1) is 0 Å². The molecule has 0 radical (unpaired) electrons. The SMILES string of the molecule is CCCC(P)P(PP)P(P)PP. The molecule has 0 aliphatic heterocycles. The van der Waals surface area contributed by atoms with E-state index >= 15 is 0 Å². The smallest absolute Gasteiger partial charge is 0.00213 e. The summed E-state index contributed by atoms with van der Waals surface area (Å²) in [7, 11) is 14.4. The molecule has 0 N–H and O–H groups in total. The predicted octanol–water partition coefficient (Wildman–Crippen LogP) is 5.42. The fourth-order valence-electron chi connectivity index (χ4n) is 0.798. The molecule has 0 aliphatic rings. The lowest BCUT2D eigenvalue weighted by Crippen LogP contribution is -1.87. The normalized spacial score (nSPS) is 20.8. The second-order valence-corrected chi connectivity index (χ2v) is 24.6. The quantitative estimate of drug-likeness (QED) is 0.574. The lowest BCUT2D eigenvalue weighted by Gasteiger charge is -2.27. The summed E-state index contributed by atoms with van der Waals surface area (Å²) in [5.41, 5.74) is 0. The highest BCUT2D eigenvalue weighted by Gasteiger charge is 2.19. The van der Waals surface area contributed by atoms with E-state index in [2.05, 4.69) is 42.9 Å². The van der Waals surface area contributed by atoms with Crippen molar-refractivity contribution in [3.8, 4) is 0 Å². The first-order chi connectivity index (χ1) is 5.67. The fourth-order valence-corrected chi connectivity index (χ4v) is 39.9. The van der Waals surface area contributed by atoms with Gasteiger partial charge in [-0.15, -0.1) is 36.0 Å². The Balaban J connectivity index is 3.94. The van der Waals surface area contributed by atoms with Crippen LogP contribution >= 0.6 is 66.2 Å². The van der Waals surface area contributed by atoms with Gasteiger partial charge in [0, 0.05) is 5.40 Å². The molecule has 9 atom stereocenters. The van der Waals surface area contributed by atoms with Crippen LogP contribution in [-0.4, -0.2) is 5.40 Å². The largest absolute Gasteiger partial charge is 0.129 e. The Labute approximate surface area is 91.4 Å². The molecule has 0 nitrogen and oxygen atoms in total. The summed E-state index contributed by atoms with van der Waals surface area (Å²) >= 11 is 0. The van der Waals surface area contributed by atoms with Crippen molar-refractivity contribution in [3.05, 3.63) is 0 Å². The third kappa shape index (κ3) is 6.12. The minimum atomic E-state index is 0.250. The maximum Gasteiger partial charge on any atom is 0.00213 e. The van der Waals surface area contributed by atoms with Crippen molar-refractivity contribution in [3.63, 3.8) is 0 Å². The zero-order chi connectivity index (χ0) is 9.56. The Bertz CT molecular complexity index is 107. The Kier molecular flexibility index (Phi) is 12.4. The minimum Gasteiger partial charge on any atom is -0.129 e. The third-order valence-electron chi connectivity index (χ3n) is 1.40. The van der Waals surface area contributed by atoms with Crippen LogP contribution in [0.2, 0.25) is 0 Å². The predicted molar refractivity (Wildman–Crippen MR) is 88.0 cm³/mol. The van der Waals surface area contributed by atoms with Crippen LogP contribution in [0.4, 0.5) is 0 Å². The van der Waals surface area contributed by atoms with Crippen LogP contribution in [-0.2, 0) is 0 Å². The lowest BCUT2D eigenvalue weighted by atomic mass is 10.4. The van der Waals surface area contributed by atoms with Crippen molar-refractivity contribution < 1.29 is 0 Å². The monoisotopic (exact) mass is 314 g/mol. The van der Waals surface area contributed by atoms with Gasteiger partial charge in [-0.05, 0) is 20.7 Å². The summed E-state index contributed by atoms with van der Waals surface area (Å²) in [6.07, 6.45) is 2.72. The van der Waals surface area contributed by atoms with E-state index in [1.165, 1.54) is 12.8 Å². The van der Waals surface area contributed by atoms with Crippen molar-refractivity contribution in [1.29, 1.82) is 0 Å². The Hall–Kier alpha value is 3.44. The Morgan fingerprint density at radius 3 is 2.25 bits per heavy atom. The number of rotatable bonds is 6. The maximum absolute atomic E-state index is 3.08. The van der Waals surface area contributed by atoms with Crippen molar-refractivity contribution in [2.24, 2.45) is 0 Å². The molecule has 0 fully saturated rings. The van der Waals surface area contributed by atoms with Gasteiger partial charge in [-0.1, -0.05) is 29.3 Å². The summed E-state index contributed by atoms with van der Waals surface area (Å²) in [5, 5.41) is 0.900. The first kappa shape index (κ1) is 15.4. The highest BCUT2D eigenvalue weighted by atomic mass is 33.0. The van der Waals surface area contributed by atoms with Crippen LogP contribution in [0.3, 0.4) is 0 Å². The van der Waals surface area contributed by atoms with Gasteiger partial charge in [0.1, 0.15) is 0 Å². The molecule has 0 aromatic rings. The molecule has 8 heteroatoms. The third-order valence-corrected chi connectivity index (χ3v) is 36.0. The van der Waals surface area contributed by atoms with E-state index in [4.69, 9.17) is 0 Å². The van der Waals surface area contributed by atoms with Gasteiger partial charge in [-0.25, -0.2) is 0 Å². The van der Waals surface area contributed by atoms with Gasteiger partial charge in [0.15, 0.2) is 0 Å². The Morgan fingerprint density at radius 2 is 1.92 bits per heavy atom. The summed E-state index contributed by atoms with van der Waals surface area (Å²) in [6.45, 7) is 2.53. The Morgan fingerprint density at radius 1 is 1.33 bits per heavy atom. The van der Waals surface area contributed by atoms with Crippen molar-refractivity contribution in [2.75, 3.05) is 0 Å². The second-order valence-electron chi connectivity index (χ2n) is 2.30. The van der Waals surface area contributed by atoms with E-state index in [1.807, 2.05) is 0 Å². The molecule has 9 unspecified atom stereocenters. The molecule has 0 spiro atoms. The van der Waals surface area contributed by atoms with Crippen LogP contribution in [0.1, 0.15) is 19.8 Å². The molecule has 0 heterocycles. The maximum atomic E-state index is 3.08. The van der Waals surface area contributed by atoms with Crippen LogP contribution in [0.5, 0.6) is 0 Å². The molecular weight excluding hydrogens is 296 g/mol. The average Bonchev–Trinajstić information content (AvgIpc) is 2.06. The molecule has 0 rings (SSSR count). The van der Waals surface area contributed by atoms with Crippen LogP contribution < -0.4 is 0 Å². The van der Waals surface area contributed by atoms with Crippen LogP contribution in [0.15, 0.2) is 0 Å². The summed E-state index contributed by atoms with van der Waals surface area (Å²) in [5.74, 6) is 0. The van der Waals surface area contributed by atoms with Crippen LogP contribution in [0.25, 0.3) is 0 Å². The van der Waals surface area contributed by atoms with E-state index in [9.17, 15) is 0 Å². The van der Waals surface area contributed by atoms with Crippen LogP contribution in [0, 0.1) is 0 Å². The summed E-state index contributed by atoms with van der Waals surface area (Å²) in [4.78, 5) is 0. The molecular formula is C4H18P8. The van der Waals surface area contributed by atoms with Gasteiger partial charge < -0.3 is 0 Å². The van der Waals surface area contributed by atoms with Gasteiger partial charge in [0.2, 0.25) is 0 Å². The zero-order valence-corrected chi connectivity index (χ0v) is 15.6. The zero-order valence-electron chi connectivity index (χ0n) is 7.20. The lowest BCUT2D eigenvalue weighted by molar-refractivity contribution is 0.869. The van der Waals surface area contributed by atoms with Gasteiger partial charge in [-0.2, -0.15) is 0 Å². The minimum absolute atomic E-state index is 0.250. The van der Waals surface area contributed by atoms with Crippen molar-refractivity contribution >= 4 is 66.2 Å². The topological polar surface area (TPSA) is 0 Å². The van der Waals surface area contributed by atoms with Crippen molar-refractivity contribution in [1.82, 2.24) is 0 Å². The van der Waals surface area contributed by atoms with Gasteiger partial charge >= 0.3 is 0 Å². The molecule has 0 aromatic heterocycles. The number of hydrogen-bond acceptors (Lipinski definition) is 0. The molecule has 12 heavy (non-hydrogen) atoms. The summed E-state index contributed by atoms with van der Waals surface area (Å²) in [6, 6.07) is 0. The van der Waals surface area contributed by atoms with Crippen molar-refractivity contribution in [2.45, 2.75) is 25.2 Å². The number of hydrogen-bond donors (Lipinski definition) is 0. The molecule has 0 saturated carbocycles. The average molecular weight is 314 g/mol. The molecule has 0 aromatic carbocycles. The fraction of sp³-hybridized carbons (Fsp3) is 1.00. The first-order valence-corrected chi connectivity index (χ1v) is 16.7. The molecule has 0 aliphatic carbocycles. The molecule has 0 amide bonds. The highest BCUT2D eigenvalue weighted by molar-refractivity contribution is 8.94. The molecule has 0 bridgehead atoms. The van der Waals surface area contributed by atoms with E-state index in [0.717, 1.165) is 21.3 Å². The molecule has 74 valence electrons. The van der Waals surface area contributed by atoms with E-state index < -0.39 is 0 Å².